The van der Waals surface area contributed by atoms with Gasteiger partial charge in [-0.1, -0.05) is 38.8 Å². The summed E-state index contributed by atoms with van der Waals surface area (Å²) in [4.78, 5) is 24.2. The molecule has 1 aliphatic heterocycles. The molecule has 0 spiro atoms. The van der Waals surface area contributed by atoms with Crippen molar-refractivity contribution in [3.63, 3.8) is 0 Å². The highest BCUT2D eigenvalue weighted by molar-refractivity contribution is 7.80. The molecule has 1 aliphatic carbocycles. The molecule has 4 N–H and O–H groups in total. The van der Waals surface area contributed by atoms with Gasteiger partial charge in [-0.25, -0.2) is 0 Å². The number of carbonyl (C=O) groups excluding carboxylic acids is 2. The molecular formula is C19H26N4O3S. The van der Waals surface area contributed by atoms with Gasteiger partial charge in [0, 0.05) is 6.04 Å². The Morgan fingerprint density at radius 3 is 2.85 bits per heavy atom. The van der Waals surface area contributed by atoms with E-state index in [1.807, 2.05) is 6.07 Å². The van der Waals surface area contributed by atoms with Crippen molar-refractivity contribution in [2.45, 2.75) is 51.7 Å². The third-order valence-corrected chi connectivity index (χ3v) is 5.64. The minimum absolute atomic E-state index is 0.105. The fraction of sp³-hybridized carbons (Fsp3) is 0.526. The summed E-state index contributed by atoms with van der Waals surface area (Å²) in [7, 11) is 0. The second-order valence-electron chi connectivity index (χ2n) is 7.32. The Morgan fingerprint density at radius 2 is 2.04 bits per heavy atom. The monoisotopic (exact) mass is 390 g/mol. The molecule has 2 aliphatic rings. The van der Waals surface area contributed by atoms with Crippen LogP contribution in [0.15, 0.2) is 24.3 Å². The summed E-state index contributed by atoms with van der Waals surface area (Å²) in [5.41, 5.74) is 5.87. The number of para-hydroxylation sites is 2. The molecule has 8 heteroatoms. The lowest BCUT2D eigenvalue weighted by atomic mass is 9.78. The number of rotatable bonds is 3. The van der Waals surface area contributed by atoms with Crippen LogP contribution in [-0.2, 0) is 9.59 Å². The quantitative estimate of drug-likeness (QED) is 0.467. The molecule has 3 rings (SSSR count). The van der Waals surface area contributed by atoms with Crippen molar-refractivity contribution in [3.8, 4) is 5.75 Å². The molecule has 1 saturated carbocycles. The standard InChI is InChI=1S/C19H26N4O3S/c1-11-6-5-8-13(12(11)2)21-19(27)23-22-17(24)10-16-18(25)20-14-7-3-4-9-15(14)26-16/h3-4,7,9,11-13,16H,5-6,8,10H2,1-2H3,(H,20,25)(H,22,24)(H2,21,23,27)/t11-,12+,13+,16+/m0/s1. The molecule has 0 saturated heterocycles. The molecule has 2 amide bonds. The average molecular weight is 391 g/mol. The summed E-state index contributed by atoms with van der Waals surface area (Å²) in [5.74, 6) is 1.02. The van der Waals surface area contributed by atoms with E-state index in [0.29, 0.717) is 34.4 Å². The van der Waals surface area contributed by atoms with Gasteiger partial charge in [-0.2, -0.15) is 0 Å². The second kappa shape index (κ2) is 8.56. The molecule has 1 heterocycles. The highest BCUT2D eigenvalue weighted by Gasteiger charge is 2.30. The molecule has 1 aromatic carbocycles. The molecule has 27 heavy (non-hydrogen) atoms. The van der Waals surface area contributed by atoms with Crippen molar-refractivity contribution < 1.29 is 14.3 Å². The molecule has 0 bridgehead atoms. The van der Waals surface area contributed by atoms with Crippen molar-refractivity contribution in [3.05, 3.63) is 24.3 Å². The number of anilines is 1. The predicted molar refractivity (Wildman–Crippen MR) is 107 cm³/mol. The Hall–Kier alpha value is -2.35. The van der Waals surface area contributed by atoms with Gasteiger partial charge in [-0.05, 0) is 42.6 Å². The van der Waals surface area contributed by atoms with E-state index in [0.717, 1.165) is 6.42 Å². The van der Waals surface area contributed by atoms with Gasteiger partial charge in [0.1, 0.15) is 5.75 Å². The lowest BCUT2D eigenvalue weighted by molar-refractivity contribution is -0.130. The third kappa shape index (κ3) is 4.88. The fourth-order valence-corrected chi connectivity index (χ4v) is 3.77. The Kier molecular flexibility index (Phi) is 6.15. The van der Waals surface area contributed by atoms with Crippen LogP contribution >= 0.6 is 12.2 Å². The fourth-order valence-electron chi connectivity index (χ4n) is 3.56. The van der Waals surface area contributed by atoms with Gasteiger partial charge in [-0.15, -0.1) is 0 Å². The van der Waals surface area contributed by atoms with E-state index >= 15 is 0 Å². The van der Waals surface area contributed by atoms with E-state index in [9.17, 15) is 9.59 Å². The SMILES string of the molecule is C[C@@H]1[C@@H](C)CCC[C@H]1NC(=S)NNC(=O)C[C@H]1Oc2ccccc2NC1=O. The van der Waals surface area contributed by atoms with E-state index in [2.05, 4.69) is 35.3 Å². The zero-order valence-corrected chi connectivity index (χ0v) is 16.4. The van der Waals surface area contributed by atoms with E-state index in [1.54, 1.807) is 18.2 Å². The number of fused-ring (bicyclic) bond motifs is 1. The lowest BCUT2D eigenvalue weighted by Gasteiger charge is -2.35. The molecule has 146 valence electrons. The number of thiocarbonyl (C=S) groups is 1. The van der Waals surface area contributed by atoms with Crippen molar-refractivity contribution in [1.29, 1.82) is 0 Å². The van der Waals surface area contributed by atoms with Gasteiger partial charge in [0.2, 0.25) is 5.91 Å². The first-order valence-electron chi connectivity index (χ1n) is 9.36. The van der Waals surface area contributed by atoms with Crippen molar-refractivity contribution in [2.24, 2.45) is 11.8 Å². The normalized spacial score (nSPS) is 26.8. The first kappa shape index (κ1) is 19.4. The zero-order valence-electron chi connectivity index (χ0n) is 15.6. The second-order valence-corrected chi connectivity index (χ2v) is 7.72. The van der Waals surface area contributed by atoms with Gasteiger partial charge in [0.05, 0.1) is 12.1 Å². The summed E-state index contributed by atoms with van der Waals surface area (Å²) < 4.78 is 5.62. The van der Waals surface area contributed by atoms with Crippen LogP contribution < -0.4 is 26.2 Å². The van der Waals surface area contributed by atoms with E-state index in [4.69, 9.17) is 17.0 Å². The van der Waals surface area contributed by atoms with Crippen molar-refractivity contribution >= 4 is 34.8 Å². The summed E-state index contributed by atoms with van der Waals surface area (Å²) in [6, 6.07) is 7.42. The molecule has 1 aromatic rings. The van der Waals surface area contributed by atoms with Crippen LogP contribution in [0, 0.1) is 11.8 Å². The number of benzene rings is 1. The molecule has 0 radical (unpaired) electrons. The first-order chi connectivity index (χ1) is 12.9. The first-order valence-corrected chi connectivity index (χ1v) is 9.76. The number of hydrogen-bond donors (Lipinski definition) is 4. The molecule has 0 unspecified atom stereocenters. The van der Waals surface area contributed by atoms with E-state index < -0.39 is 6.10 Å². The number of nitrogens with one attached hydrogen (secondary N) is 4. The third-order valence-electron chi connectivity index (χ3n) is 5.42. The maximum atomic E-state index is 12.2. The number of hydrogen-bond acceptors (Lipinski definition) is 4. The number of carbonyl (C=O) groups is 2. The molecule has 4 atom stereocenters. The van der Waals surface area contributed by atoms with Gasteiger partial charge in [0.25, 0.3) is 5.91 Å². The van der Waals surface area contributed by atoms with Crippen LogP contribution in [0.25, 0.3) is 0 Å². The zero-order chi connectivity index (χ0) is 19.4. The number of hydrazine groups is 1. The van der Waals surface area contributed by atoms with Crippen LogP contribution in [-0.4, -0.2) is 29.1 Å². The molecule has 7 nitrogen and oxygen atoms in total. The maximum Gasteiger partial charge on any atom is 0.266 e. The minimum Gasteiger partial charge on any atom is -0.478 e. The molecule has 1 fully saturated rings. The maximum absolute atomic E-state index is 12.2. The van der Waals surface area contributed by atoms with Crippen LogP contribution in [0.4, 0.5) is 5.69 Å². The lowest BCUT2D eigenvalue weighted by Crippen LogP contribution is -2.53. The van der Waals surface area contributed by atoms with Gasteiger partial charge in [-0.3, -0.25) is 20.4 Å². The average Bonchev–Trinajstić information content (AvgIpc) is 2.64. The van der Waals surface area contributed by atoms with Crippen molar-refractivity contribution in [2.75, 3.05) is 5.32 Å². The summed E-state index contributed by atoms with van der Waals surface area (Å²) in [6.07, 6.45) is 2.50. The molecule has 0 aromatic heterocycles. The Balaban J connectivity index is 1.44. The largest absolute Gasteiger partial charge is 0.478 e. The summed E-state index contributed by atoms with van der Waals surface area (Å²) in [5, 5.41) is 6.40. The minimum atomic E-state index is -0.873. The number of ether oxygens (including phenoxy) is 1. The van der Waals surface area contributed by atoms with Crippen LogP contribution in [0.5, 0.6) is 5.75 Å². The Labute approximate surface area is 164 Å². The summed E-state index contributed by atoms with van der Waals surface area (Å²) >= 11 is 5.28. The van der Waals surface area contributed by atoms with E-state index in [1.165, 1.54) is 12.8 Å². The topological polar surface area (TPSA) is 91.5 Å². The van der Waals surface area contributed by atoms with E-state index in [-0.39, 0.29) is 18.2 Å². The highest BCUT2D eigenvalue weighted by Crippen LogP contribution is 2.30. The van der Waals surface area contributed by atoms with Gasteiger partial charge in [0.15, 0.2) is 11.2 Å². The predicted octanol–water partition coefficient (Wildman–Crippen LogP) is 2.10. The van der Waals surface area contributed by atoms with Crippen LogP contribution in [0.3, 0.4) is 0 Å². The molecular weight excluding hydrogens is 364 g/mol. The van der Waals surface area contributed by atoms with Crippen molar-refractivity contribution in [1.82, 2.24) is 16.2 Å². The van der Waals surface area contributed by atoms with Crippen LogP contribution in [0.2, 0.25) is 0 Å². The van der Waals surface area contributed by atoms with Gasteiger partial charge >= 0.3 is 0 Å². The van der Waals surface area contributed by atoms with Crippen LogP contribution in [0.1, 0.15) is 39.5 Å². The number of amides is 2. The Morgan fingerprint density at radius 1 is 1.26 bits per heavy atom. The van der Waals surface area contributed by atoms with Gasteiger partial charge < -0.3 is 15.4 Å². The smallest absolute Gasteiger partial charge is 0.266 e. The highest BCUT2D eigenvalue weighted by atomic mass is 32.1. The summed E-state index contributed by atoms with van der Waals surface area (Å²) in [6.45, 7) is 4.48. The Bertz CT molecular complexity index is 727.